The van der Waals surface area contributed by atoms with Crippen molar-refractivity contribution < 1.29 is 18.8 Å². The van der Waals surface area contributed by atoms with Gasteiger partial charge in [0.05, 0.1) is 27.1 Å². The molecule has 0 heterocycles. The van der Waals surface area contributed by atoms with Crippen LogP contribution in [-0.4, -0.2) is 37.4 Å². The van der Waals surface area contributed by atoms with E-state index in [1.165, 1.54) is 81.8 Å². The molecular weight excluding hydrogens is 494 g/mol. The maximum absolute atomic E-state index is 12.7. The number of quaternary nitrogens is 1. The third-order valence-electron chi connectivity index (χ3n) is 7.67. The van der Waals surface area contributed by atoms with Gasteiger partial charge < -0.3 is 14.0 Å². The van der Waals surface area contributed by atoms with Crippen molar-refractivity contribution in [3.05, 3.63) is 65.7 Å². The van der Waals surface area contributed by atoms with Gasteiger partial charge in [-0.2, -0.15) is 0 Å². The zero-order valence-electron chi connectivity index (χ0n) is 26.2. The lowest BCUT2D eigenvalue weighted by atomic mass is 10.0. The molecule has 2 rings (SSSR count). The molecule has 0 saturated carbocycles. The first-order chi connectivity index (χ1) is 19.4. The van der Waals surface area contributed by atoms with Gasteiger partial charge >= 0.3 is 5.97 Å². The summed E-state index contributed by atoms with van der Waals surface area (Å²) < 4.78 is 13.0. The second-order valence-electron chi connectivity index (χ2n) is 12.1. The third kappa shape index (κ3) is 15.5. The molecule has 0 spiro atoms. The fourth-order valence-corrected chi connectivity index (χ4v) is 5.34. The van der Waals surface area contributed by atoms with Crippen molar-refractivity contribution >= 4 is 5.97 Å². The summed E-state index contributed by atoms with van der Waals surface area (Å²) in [6.07, 6.45) is 18.1. The van der Waals surface area contributed by atoms with Gasteiger partial charge in [0, 0.05) is 18.4 Å². The number of hydrogen-bond donors (Lipinski definition) is 0. The van der Waals surface area contributed by atoms with E-state index in [9.17, 15) is 4.79 Å². The number of carbonyl (C=O) groups is 1. The Labute approximate surface area is 246 Å². The van der Waals surface area contributed by atoms with Crippen molar-refractivity contribution in [3.63, 3.8) is 0 Å². The molecular formula is C36H58NO3+. The Balaban J connectivity index is 1.71. The van der Waals surface area contributed by atoms with Crippen LogP contribution >= 0.6 is 0 Å². The summed E-state index contributed by atoms with van der Waals surface area (Å²) in [6, 6.07) is 18.8. The highest BCUT2D eigenvalue weighted by atomic mass is 16.7. The van der Waals surface area contributed by atoms with Crippen molar-refractivity contribution in [1.82, 2.24) is 0 Å². The number of nitrogens with zero attached hydrogens (tertiary/aromatic N) is 1. The highest BCUT2D eigenvalue weighted by Crippen LogP contribution is 2.24. The molecule has 1 unspecified atom stereocenters. The number of carbonyl (C=O) groups excluding carboxylic acids is 1. The average molecular weight is 553 g/mol. The first kappa shape index (κ1) is 33.9. The molecule has 0 amide bonds. The van der Waals surface area contributed by atoms with E-state index in [1.54, 1.807) is 0 Å². The van der Waals surface area contributed by atoms with E-state index in [1.807, 2.05) is 18.2 Å². The van der Waals surface area contributed by atoms with Gasteiger partial charge in [0.25, 0.3) is 0 Å². The van der Waals surface area contributed by atoms with Crippen LogP contribution in [0.5, 0.6) is 5.75 Å². The Morgan fingerprint density at radius 1 is 0.725 bits per heavy atom. The van der Waals surface area contributed by atoms with Crippen molar-refractivity contribution in [2.45, 2.75) is 129 Å². The van der Waals surface area contributed by atoms with Crippen LogP contribution in [0.15, 0.2) is 54.6 Å². The van der Waals surface area contributed by atoms with Crippen LogP contribution in [0.1, 0.15) is 121 Å². The summed E-state index contributed by atoms with van der Waals surface area (Å²) in [5, 5.41) is 0. The van der Waals surface area contributed by atoms with E-state index in [0.29, 0.717) is 12.8 Å². The smallest absolute Gasteiger partial charge is 0.309 e. The number of esters is 1. The van der Waals surface area contributed by atoms with Gasteiger partial charge in [0.1, 0.15) is 12.3 Å². The van der Waals surface area contributed by atoms with Gasteiger partial charge in [-0.15, -0.1) is 0 Å². The normalized spacial score (nSPS) is 12.3. The lowest BCUT2D eigenvalue weighted by Crippen LogP contribution is -2.39. The Kier molecular flexibility index (Phi) is 17.4. The molecule has 0 aromatic heterocycles. The average Bonchev–Trinajstić information content (AvgIpc) is 2.93. The van der Waals surface area contributed by atoms with Gasteiger partial charge in [0.2, 0.25) is 6.29 Å². The number of rotatable bonds is 23. The molecule has 0 bridgehead atoms. The lowest BCUT2D eigenvalue weighted by Gasteiger charge is -2.30. The number of ether oxygens (including phenoxy) is 2. The maximum Gasteiger partial charge on any atom is 0.309 e. The minimum atomic E-state index is -0.525. The van der Waals surface area contributed by atoms with Crippen LogP contribution in [0.2, 0.25) is 0 Å². The zero-order valence-corrected chi connectivity index (χ0v) is 26.2. The zero-order chi connectivity index (χ0) is 28.9. The number of benzene rings is 2. The molecule has 1 atom stereocenters. The van der Waals surface area contributed by atoms with Crippen molar-refractivity contribution in [2.75, 3.05) is 20.6 Å². The predicted molar refractivity (Wildman–Crippen MR) is 168 cm³/mol. The molecule has 0 saturated heterocycles. The van der Waals surface area contributed by atoms with E-state index in [2.05, 4.69) is 64.3 Å². The lowest BCUT2D eigenvalue weighted by molar-refractivity contribution is -0.903. The van der Waals surface area contributed by atoms with E-state index in [4.69, 9.17) is 9.47 Å². The van der Waals surface area contributed by atoms with Gasteiger partial charge in [-0.3, -0.25) is 4.79 Å². The van der Waals surface area contributed by atoms with Crippen molar-refractivity contribution in [1.29, 1.82) is 0 Å². The Morgan fingerprint density at radius 3 is 1.98 bits per heavy atom. The topological polar surface area (TPSA) is 35.5 Å². The largest absolute Gasteiger partial charge is 0.455 e. The third-order valence-corrected chi connectivity index (χ3v) is 7.67. The fraction of sp³-hybridized carbons (Fsp3) is 0.639. The molecule has 0 aliphatic carbocycles. The van der Waals surface area contributed by atoms with Crippen LogP contribution in [0, 0.1) is 0 Å². The monoisotopic (exact) mass is 552 g/mol. The van der Waals surface area contributed by atoms with Crippen LogP contribution in [0.4, 0.5) is 0 Å². The van der Waals surface area contributed by atoms with Crippen LogP contribution < -0.4 is 4.74 Å². The maximum atomic E-state index is 12.7. The van der Waals surface area contributed by atoms with Gasteiger partial charge in [-0.1, -0.05) is 127 Å². The van der Waals surface area contributed by atoms with E-state index < -0.39 is 6.29 Å². The molecule has 224 valence electrons. The summed E-state index contributed by atoms with van der Waals surface area (Å²) in [4.78, 5) is 12.7. The minimum absolute atomic E-state index is 0.166. The quantitative estimate of drug-likeness (QED) is 0.0596. The van der Waals surface area contributed by atoms with E-state index in [-0.39, 0.29) is 5.97 Å². The standard InChI is InChI=1S/C36H58NO3/c1-5-7-8-9-10-11-12-13-14-15-19-26-33-27-20-21-28-34(33)39-36(23-6-2)40-35(38)29-22-30-37(3,4)31-32-24-17-16-18-25-32/h16-18,20-21,24-25,27-28,36H,5-15,19,22-23,26,29-31H2,1-4H3/q+1. The van der Waals surface area contributed by atoms with Gasteiger partial charge in [-0.05, 0) is 30.9 Å². The summed E-state index contributed by atoms with van der Waals surface area (Å²) in [5.41, 5.74) is 2.54. The second kappa shape index (κ2) is 20.5. The predicted octanol–water partition coefficient (Wildman–Crippen LogP) is 9.65. The molecule has 2 aromatic rings. The van der Waals surface area contributed by atoms with Crippen LogP contribution in [0.25, 0.3) is 0 Å². The van der Waals surface area contributed by atoms with Crippen LogP contribution in [-0.2, 0) is 22.5 Å². The molecule has 0 N–H and O–H groups in total. The van der Waals surface area contributed by atoms with Crippen molar-refractivity contribution in [2.24, 2.45) is 0 Å². The highest BCUT2D eigenvalue weighted by molar-refractivity contribution is 5.69. The molecule has 2 aromatic carbocycles. The van der Waals surface area contributed by atoms with Crippen molar-refractivity contribution in [3.8, 4) is 5.75 Å². The number of hydrogen-bond acceptors (Lipinski definition) is 3. The molecule has 0 fully saturated rings. The Morgan fingerprint density at radius 2 is 1.32 bits per heavy atom. The van der Waals surface area contributed by atoms with Gasteiger partial charge in [-0.25, -0.2) is 0 Å². The fourth-order valence-electron chi connectivity index (χ4n) is 5.34. The molecule has 40 heavy (non-hydrogen) atoms. The summed E-state index contributed by atoms with van der Waals surface area (Å²) in [7, 11) is 4.43. The second-order valence-corrected chi connectivity index (χ2v) is 12.1. The summed E-state index contributed by atoms with van der Waals surface area (Å²) in [5.74, 6) is 0.697. The van der Waals surface area contributed by atoms with Gasteiger partial charge in [0.15, 0.2) is 0 Å². The minimum Gasteiger partial charge on any atom is -0.455 e. The Bertz CT molecular complexity index is 911. The molecule has 0 aliphatic heterocycles. The number of aryl methyl sites for hydroxylation is 1. The number of unbranched alkanes of at least 4 members (excludes halogenated alkanes) is 10. The first-order valence-corrected chi connectivity index (χ1v) is 16.2. The SMILES string of the molecule is CCCCCCCCCCCCCc1ccccc1OC(CCC)OC(=O)CCC[N+](C)(C)Cc1ccccc1. The number of para-hydroxylation sites is 1. The first-order valence-electron chi connectivity index (χ1n) is 16.2. The van der Waals surface area contributed by atoms with E-state index >= 15 is 0 Å². The Hall–Kier alpha value is -2.33. The highest BCUT2D eigenvalue weighted by Gasteiger charge is 2.20. The van der Waals surface area contributed by atoms with E-state index in [0.717, 1.165) is 42.6 Å². The van der Waals surface area contributed by atoms with Crippen LogP contribution in [0.3, 0.4) is 0 Å². The molecule has 0 radical (unpaired) electrons. The summed E-state index contributed by atoms with van der Waals surface area (Å²) in [6.45, 7) is 6.25. The molecule has 0 aliphatic rings. The summed E-state index contributed by atoms with van der Waals surface area (Å²) >= 11 is 0. The molecule has 4 heteroatoms. The molecule has 4 nitrogen and oxygen atoms in total.